The van der Waals surface area contributed by atoms with E-state index in [0.717, 1.165) is 29.0 Å². The zero-order valence-corrected chi connectivity index (χ0v) is 20.7. The molecule has 1 aliphatic heterocycles. The van der Waals surface area contributed by atoms with Gasteiger partial charge in [-0.1, -0.05) is 0 Å². The number of aliphatic hydroxyl groups is 1. The van der Waals surface area contributed by atoms with Crippen molar-refractivity contribution in [2.75, 3.05) is 37.1 Å². The molecule has 1 saturated heterocycles. The van der Waals surface area contributed by atoms with Crippen LogP contribution in [0.4, 0.5) is 16.2 Å². The van der Waals surface area contributed by atoms with Gasteiger partial charge in [-0.3, -0.25) is 9.59 Å². The molecule has 3 rings (SSSR count). The van der Waals surface area contributed by atoms with Gasteiger partial charge in [-0.05, 0) is 86.8 Å². The number of ether oxygens (including phenoxy) is 2. The number of benzene rings is 2. The number of carbonyl (C=O) groups is 3. The lowest BCUT2D eigenvalue weighted by molar-refractivity contribution is -0.121. The molecule has 1 fully saturated rings. The smallest absolute Gasteiger partial charge is 0.343 e. The minimum atomic E-state index is -0.854. The van der Waals surface area contributed by atoms with Crippen molar-refractivity contribution in [1.82, 2.24) is 4.90 Å². The molecule has 0 unspecified atom stereocenters. The van der Waals surface area contributed by atoms with E-state index in [9.17, 15) is 19.5 Å². The Morgan fingerprint density at radius 1 is 0.833 bits per heavy atom. The molecule has 0 atom stereocenters. The van der Waals surface area contributed by atoms with Crippen LogP contribution in [0.15, 0.2) is 84.3 Å². The standard InChI is InChI=1S/C27H29N3O6/c1-5-28(6-2)17-7-8-21(31)18-24-25(32)29(19-9-13-22(35-3)14-10-19)27(34)30(26(24)33)20-11-15-23(36-4)16-12-20/h7-18,31H,5-6H2,1-4H3/b17-7+,21-8-. The third kappa shape index (κ3) is 5.57. The van der Waals surface area contributed by atoms with E-state index in [0.29, 0.717) is 11.5 Å². The second-order valence-corrected chi connectivity index (χ2v) is 7.67. The van der Waals surface area contributed by atoms with Crippen molar-refractivity contribution in [3.8, 4) is 11.5 Å². The third-order valence-corrected chi connectivity index (χ3v) is 5.58. The molecule has 188 valence electrons. The SMILES string of the molecule is CCN(/C=C/C=C(\O)C=C1C(=O)N(c2ccc(OC)cc2)C(=O)N(c2ccc(OC)cc2)C1=O)CC. The maximum Gasteiger partial charge on any atom is 0.343 e. The van der Waals surface area contributed by atoms with E-state index in [1.165, 1.54) is 44.6 Å². The zero-order chi connectivity index (χ0) is 26.2. The molecule has 0 radical (unpaired) electrons. The van der Waals surface area contributed by atoms with Gasteiger partial charge in [-0.15, -0.1) is 0 Å². The molecule has 0 spiro atoms. The van der Waals surface area contributed by atoms with Crippen LogP contribution in [-0.2, 0) is 9.59 Å². The van der Waals surface area contributed by atoms with Crippen LogP contribution >= 0.6 is 0 Å². The topological polar surface area (TPSA) is 99.6 Å². The number of barbiturate groups is 1. The molecule has 2 aromatic carbocycles. The highest BCUT2D eigenvalue weighted by Crippen LogP contribution is 2.31. The van der Waals surface area contributed by atoms with Crippen LogP contribution in [0.2, 0.25) is 0 Å². The lowest BCUT2D eigenvalue weighted by Gasteiger charge is -2.34. The van der Waals surface area contributed by atoms with E-state index in [1.807, 2.05) is 18.7 Å². The number of allylic oxidation sites excluding steroid dienone is 3. The number of imide groups is 2. The first kappa shape index (κ1) is 26.1. The summed E-state index contributed by atoms with van der Waals surface area (Å²) < 4.78 is 10.3. The molecule has 0 saturated carbocycles. The number of methoxy groups -OCH3 is 2. The number of urea groups is 1. The molecule has 0 aliphatic carbocycles. The number of rotatable bonds is 9. The fourth-order valence-electron chi connectivity index (χ4n) is 3.54. The summed E-state index contributed by atoms with van der Waals surface area (Å²) in [6, 6.07) is 11.7. The fourth-order valence-corrected chi connectivity index (χ4v) is 3.54. The normalized spacial score (nSPS) is 14.5. The van der Waals surface area contributed by atoms with Crippen molar-refractivity contribution < 1.29 is 29.0 Å². The van der Waals surface area contributed by atoms with Gasteiger partial charge in [0.15, 0.2) is 0 Å². The summed E-state index contributed by atoms with van der Waals surface area (Å²) in [6.45, 7) is 5.57. The molecule has 1 heterocycles. The second kappa shape index (κ2) is 11.7. The van der Waals surface area contributed by atoms with Gasteiger partial charge in [0.25, 0.3) is 11.8 Å². The van der Waals surface area contributed by atoms with Gasteiger partial charge in [-0.2, -0.15) is 0 Å². The van der Waals surface area contributed by atoms with Crippen LogP contribution in [0, 0.1) is 0 Å². The van der Waals surface area contributed by atoms with E-state index < -0.39 is 17.8 Å². The molecule has 0 bridgehead atoms. The van der Waals surface area contributed by atoms with E-state index in [-0.39, 0.29) is 22.7 Å². The summed E-state index contributed by atoms with van der Waals surface area (Å²) >= 11 is 0. The minimum Gasteiger partial charge on any atom is -0.508 e. The molecule has 2 aromatic rings. The summed E-state index contributed by atoms with van der Waals surface area (Å²) in [5.41, 5.74) is 0.117. The summed E-state index contributed by atoms with van der Waals surface area (Å²) in [5.74, 6) is -0.945. The minimum absolute atomic E-state index is 0.243. The molecular weight excluding hydrogens is 462 g/mol. The van der Waals surface area contributed by atoms with Gasteiger partial charge in [0.1, 0.15) is 22.8 Å². The predicted octanol–water partition coefficient (Wildman–Crippen LogP) is 4.43. The van der Waals surface area contributed by atoms with Gasteiger partial charge >= 0.3 is 6.03 Å². The Hall–Kier alpha value is -4.53. The van der Waals surface area contributed by atoms with Crippen molar-refractivity contribution >= 4 is 29.2 Å². The van der Waals surface area contributed by atoms with Crippen molar-refractivity contribution in [1.29, 1.82) is 0 Å². The molecule has 0 aromatic heterocycles. The van der Waals surface area contributed by atoms with Gasteiger partial charge in [0.05, 0.1) is 25.6 Å². The Labute approximate surface area is 210 Å². The van der Waals surface area contributed by atoms with Crippen LogP contribution in [0.1, 0.15) is 13.8 Å². The maximum absolute atomic E-state index is 13.4. The largest absolute Gasteiger partial charge is 0.508 e. The van der Waals surface area contributed by atoms with Gasteiger partial charge in [0, 0.05) is 13.1 Å². The van der Waals surface area contributed by atoms with Crippen molar-refractivity contribution in [2.45, 2.75) is 13.8 Å². The Morgan fingerprint density at radius 3 is 1.67 bits per heavy atom. The Kier molecular flexibility index (Phi) is 8.51. The molecular formula is C27H29N3O6. The number of carbonyl (C=O) groups excluding carboxylic acids is 3. The number of anilines is 2. The van der Waals surface area contributed by atoms with Crippen molar-refractivity contribution in [3.63, 3.8) is 0 Å². The molecule has 36 heavy (non-hydrogen) atoms. The molecule has 9 heteroatoms. The molecule has 4 amide bonds. The van der Waals surface area contributed by atoms with E-state index in [1.54, 1.807) is 36.5 Å². The number of hydrogen-bond donors (Lipinski definition) is 1. The number of nitrogens with zero attached hydrogens (tertiary/aromatic N) is 3. The van der Waals surface area contributed by atoms with Crippen molar-refractivity contribution in [3.05, 3.63) is 84.3 Å². The van der Waals surface area contributed by atoms with Crippen LogP contribution in [0.5, 0.6) is 11.5 Å². The van der Waals surface area contributed by atoms with Gasteiger partial charge in [-0.25, -0.2) is 14.6 Å². The van der Waals surface area contributed by atoms with Crippen LogP contribution in [0.25, 0.3) is 0 Å². The first-order valence-corrected chi connectivity index (χ1v) is 11.4. The Bertz CT molecular complexity index is 1120. The van der Waals surface area contributed by atoms with E-state index >= 15 is 0 Å². The lowest BCUT2D eigenvalue weighted by atomic mass is 10.1. The average molecular weight is 492 g/mol. The van der Waals surface area contributed by atoms with Gasteiger partial charge < -0.3 is 19.5 Å². The van der Waals surface area contributed by atoms with Crippen molar-refractivity contribution in [2.24, 2.45) is 0 Å². The third-order valence-electron chi connectivity index (χ3n) is 5.58. The summed E-state index contributed by atoms with van der Waals surface area (Å²) in [6.07, 6.45) is 5.84. The lowest BCUT2D eigenvalue weighted by Crippen LogP contribution is -2.57. The number of aliphatic hydroxyl groups excluding tert-OH is 1. The zero-order valence-electron chi connectivity index (χ0n) is 20.7. The number of amides is 4. The summed E-state index contributed by atoms with van der Waals surface area (Å²) in [4.78, 5) is 43.9. The van der Waals surface area contributed by atoms with E-state index in [4.69, 9.17) is 9.47 Å². The Balaban J connectivity index is 2.06. The van der Waals surface area contributed by atoms with Crippen LogP contribution < -0.4 is 19.3 Å². The number of hydrogen-bond acceptors (Lipinski definition) is 7. The highest BCUT2D eigenvalue weighted by Gasteiger charge is 2.43. The van der Waals surface area contributed by atoms with Crippen LogP contribution in [0.3, 0.4) is 0 Å². The Morgan fingerprint density at radius 2 is 1.28 bits per heavy atom. The van der Waals surface area contributed by atoms with E-state index in [2.05, 4.69) is 0 Å². The monoisotopic (exact) mass is 491 g/mol. The highest BCUT2D eigenvalue weighted by molar-refractivity contribution is 6.45. The quantitative estimate of drug-likeness (QED) is 0.240. The summed E-state index contributed by atoms with van der Waals surface area (Å²) in [7, 11) is 3.00. The highest BCUT2D eigenvalue weighted by atomic mass is 16.5. The maximum atomic E-state index is 13.4. The first-order valence-electron chi connectivity index (χ1n) is 11.4. The average Bonchev–Trinajstić information content (AvgIpc) is 2.90. The molecule has 1 aliphatic rings. The predicted molar refractivity (Wildman–Crippen MR) is 137 cm³/mol. The van der Waals surface area contributed by atoms with Crippen LogP contribution in [-0.4, -0.2) is 55.2 Å². The second-order valence-electron chi connectivity index (χ2n) is 7.67. The van der Waals surface area contributed by atoms with Gasteiger partial charge in [0.2, 0.25) is 0 Å². The molecule has 1 N–H and O–H groups in total. The summed E-state index contributed by atoms with van der Waals surface area (Å²) in [5, 5.41) is 10.5. The fraction of sp³-hybridized carbons (Fsp3) is 0.222. The molecule has 9 nitrogen and oxygen atoms in total. The first-order chi connectivity index (χ1) is 17.3.